The highest BCUT2D eigenvalue weighted by Gasteiger charge is 2.10. The first-order valence-corrected chi connectivity index (χ1v) is 6.11. The van der Waals surface area contributed by atoms with E-state index in [1.165, 1.54) is 16.8 Å². The number of hydrogen-bond donors (Lipinski definition) is 0. The quantitative estimate of drug-likeness (QED) is 0.785. The Morgan fingerprint density at radius 1 is 1.18 bits per heavy atom. The van der Waals surface area contributed by atoms with Crippen LogP contribution in [0.3, 0.4) is 0 Å². The van der Waals surface area contributed by atoms with E-state index in [1.807, 2.05) is 4.68 Å². The first kappa shape index (κ1) is 11.9. The van der Waals surface area contributed by atoms with E-state index in [0.29, 0.717) is 0 Å². The zero-order chi connectivity index (χ0) is 12.4. The Morgan fingerprint density at radius 2 is 1.82 bits per heavy atom. The van der Waals surface area contributed by atoms with Gasteiger partial charge in [0.2, 0.25) is 0 Å². The van der Waals surface area contributed by atoms with Crippen molar-refractivity contribution in [3.8, 4) is 5.69 Å². The summed E-state index contributed by atoms with van der Waals surface area (Å²) in [6, 6.07) is 8.45. The fraction of sp³-hybridized carbons (Fsp3) is 0.333. The number of benzene rings is 1. The molecule has 0 saturated heterocycles. The lowest BCUT2D eigenvalue weighted by molar-refractivity contribution is 0.832. The van der Waals surface area contributed by atoms with Crippen LogP contribution in [0.4, 0.5) is 0 Å². The van der Waals surface area contributed by atoms with E-state index in [4.69, 9.17) is 0 Å². The molecule has 0 aliphatic heterocycles. The van der Waals surface area contributed by atoms with Crippen molar-refractivity contribution < 1.29 is 0 Å². The molecule has 0 saturated carbocycles. The predicted molar refractivity (Wildman–Crippen MR) is 71.5 cm³/mol. The van der Waals surface area contributed by atoms with Gasteiger partial charge in [0.15, 0.2) is 0 Å². The number of aromatic nitrogens is 2. The Kier molecular flexibility index (Phi) is 3.32. The summed E-state index contributed by atoms with van der Waals surface area (Å²) in [5.74, 6) is 0. The summed E-state index contributed by atoms with van der Waals surface area (Å²) in [5.41, 5.74) is 6.11. The molecule has 0 unspecified atom stereocenters. The molecule has 0 amide bonds. The van der Waals surface area contributed by atoms with Gasteiger partial charge in [-0.25, -0.2) is 4.68 Å². The van der Waals surface area contributed by atoms with Gasteiger partial charge in [0.25, 0.3) is 0 Å². The Labute approximate surface area is 103 Å². The molecule has 1 aromatic carbocycles. The van der Waals surface area contributed by atoms with Crippen LogP contribution in [0, 0.1) is 20.8 Å². The maximum absolute atomic E-state index is 4.61. The Bertz CT molecular complexity index is 506. The minimum absolute atomic E-state index is 0.831. The number of nitrogens with zero attached hydrogens (tertiary/aromatic N) is 2. The molecule has 0 atom stereocenters. The average molecular weight is 227 g/mol. The van der Waals surface area contributed by atoms with Crippen LogP contribution in [0.15, 0.2) is 24.3 Å². The lowest BCUT2D eigenvalue weighted by Crippen LogP contribution is -1.99. The predicted octanol–water partition coefficient (Wildman–Crippen LogP) is 3.43. The third kappa shape index (κ3) is 2.12. The second-order valence-corrected chi connectivity index (χ2v) is 4.33. The van der Waals surface area contributed by atoms with E-state index in [9.17, 15) is 0 Å². The fourth-order valence-electron chi connectivity index (χ4n) is 2.24. The molecular formula is C15H19N2. The highest BCUT2D eigenvalue weighted by atomic mass is 15.3. The lowest BCUT2D eigenvalue weighted by atomic mass is 10.1. The summed E-state index contributed by atoms with van der Waals surface area (Å²) in [4.78, 5) is 0. The van der Waals surface area contributed by atoms with Crippen molar-refractivity contribution in [3.05, 3.63) is 53.7 Å². The first-order valence-electron chi connectivity index (χ1n) is 6.11. The van der Waals surface area contributed by atoms with E-state index >= 15 is 0 Å². The molecule has 1 aromatic heterocycles. The molecule has 17 heavy (non-hydrogen) atoms. The standard InChI is InChI=1S/C15H19N2/c1-5-13-7-9-14(10-8-13)17-12(4)15(6-2)11(3)16-17/h7-10H,1,5-6H2,2-4H3. The van der Waals surface area contributed by atoms with E-state index in [2.05, 4.69) is 57.1 Å². The van der Waals surface area contributed by atoms with Gasteiger partial charge in [0, 0.05) is 5.69 Å². The van der Waals surface area contributed by atoms with Gasteiger partial charge >= 0.3 is 0 Å². The fourth-order valence-corrected chi connectivity index (χ4v) is 2.24. The van der Waals surface area contributed by atoms with Crippen LogP contribution in [-0.2, 0) is 12.8 Å². The third-order valence-electron chi connectivity index (χ3n) is 3.26. The Morgan fingerprint density at radius 3 is 2.29 bits per heavy atom. The van der Waals surface area contributed by atoms with Gasteiger partial charge < -0.3 is 0 Å². The van der Waals surface area contributed by atoms with Crippen LogP contribution in [0.25, 0.3) is 5.69 Å². The summed E-state index contributed by atoms with van der Waals surface area (Å²) in [6.07, 6.45) is 1.87. The number of hydrogen-bond acceptors (Lipinski definition) is 1. The van der Waals surface area contributed by atoms with Crippen molar-refractivity contribution in [2.45, 2.75) is 33.6 Å². The van der Waals surface area contributed by atoms with Crippen molar-refractivity contribution in [2.75, 3.05) is 0 Å². The molecule has 2 heteroatoms. The van der Waals surface area contributed by atoms with Gasteiger partial charge in [-0.05, 0) is 56.9 Å². The van der Waals surface area contributed by atoms with Crippen molar-refractivity contribution in [1.82, 2.24) is 9.78 Å². The number of aryl methyl sites for hydroxylation is 1. The molecule has 0 spiro atoms. The van der Waals surface area contributed by atoms with Crippen LogP contribution in [0.1, 0.15) is 29.4 Å². The summed E-state index contributed by atoms with van der Waals surface area (Å²) in [7, 11) is 0. The topological polar surface area (TPSA) is 17.8 Å². The lowest BCUT2D eigenvalue weighted by Gasteiger charge is -2.05. The van der Waals surface area contributed by atoms with Crippen LogP contribution in [0.2, 0.25) is 0 Å². The zero-order valence-corrected chi connectivity index (χ0v) is 10.8. The van der Waals surface area contributed by atoms with Crippen molar-refractivity contribution in [2.24, 2.45) is 0 Å². The van der Waals surface area contributed by atoms with E-state index in [1.54, 1.807) is 0 Å². The second kappa shape index (κ2) is 4.74. The van der Waals surface area contributed by atoms with Crippen LogP contribution in [-0.4, -0.2) is 9.78 Å². The number of rotatable bonds is 3. The van der Waals surface area contributed by atoms with Gasteiger partial charge in [-0.1, -0.05) is 19.1 Å². The average Bonchev–Trinajstić information content (AvgIpc) is 2.64. The minimum Gasteiger partial charge on any atom is -0.238 e. The maximum atomic E-state index is 4.61. The highest BCUT2D eigenvalue weighted by molar-refractivity contribution is 5.38. The van der Waals surface area contributed by atoms with Gasteiger partial charge in [0.05, 0.1) is 11.4 Å². The molecule has 0 N–H and O–H groups in total. The molecule has 89 valence electrons. The zero-order valence-electron chi connectivity index (χ0n) is 10.8. The molecule has 1 heterocycles. The second-order valence-electron chi connectivity index (χ2n) is 4.33. The molecule has 0 fully saturated rings. The largest absolute Gasteiger partial charge is 0.238 e. The Balaban J connectivity index is 2.45. The normalized spacial score (nSPS) is 10.8. The minimum atomic E-state index is 0.831. The van der Waals surface area contributed by atoms with Crippen LogP contribution in [0.5, 0.6) is 0 Å². The molecule has 0 aliphatic carbocycles. The van der Waals surface area contributed by atoms with Gasteiger partial charge in [-0.15, -0.1) is 0 Å². The molecular weight excluding hydrogens is 208 g/mol. The van der Waals surface area contributed by atoms with Crippen LogP contribution < -0.4 is 0 Å². The monoisotopic (exact) mass is 227 g/mol. The smallest absolute Gasteiger partial charge is 0.0649 e. The maximum Gasteiger partial charge on any atom is 0.0649 e. The van der Waals surface area contributed by atoms with Crippen molar-refractivity contribution in [3.63, 3.8) is 0 Å². The van der Waals surface area contributed by atoms with Gasteiger partial charge in [-0.3, -0.25) is 0 Å². The van der Waals surface area contributed by atoms with Crippen LogP contribution >= 0.6 is 0 Å². The summed E-state index contributed by atoms with van der Waals surface area (Å²) in [5, 5.41) is 4.61. The highest BCUT2D eigenvalue weighted by Crippen LogP contribution is 2.18. The van der Waals surface area contributed by atoms with Crippen molar-refractivity contribution >= 4 is 0 Å². The Hall–Kier alpha value is -1.57. The van der Waals surface area contributed by atoms with Crippen molar-refractivity contribution in [1.29, 1.82) is 0 Å². The summed E-state index contributed by atoms with van der Waals surface area (Å²) in [6.45, 7) is 10.3. The molecule has 0 aliphatic rings. The molecule has 1 radical (unpaired) electrons. The van der Waals surface area contributed by atoms with Gasteiger partial charge in [0.1, 0.15) is 0 Å². The summed E-state index contributed by atoms with van der Waals surface area (Å²) >= 11 is 0. The molecule has 2 rings (SSSR count). The first-order chi connectivity index (χ1) is 8.17. The van der Waals surface area contributed by atoms with E-state index in [-0.39, 0.29) is 0 Å². The molecule has 2 aromatic rings. The van der Waals surface area contributed by atoms with E-state index < -0.39 is 0 Å². The van der Waals surface area contributed by atoms with Gasteiger partial charge in [-0.2, -0.15) is 5.10 Å². The summed E-state index contributed by atoms with van der Waals surface area (Å²) < 4.78 is 2.03. The SMILES string of the molecule is [CH2]Cc1ccc(-n2nc(C)c(CC)c2C)cc1. The van der Waals surface area contributed by atoms with E-state index in [0.717, 1.165) is 24.2 Å². The third-order valence-corrected chi connectivity index (χ3v) is 3.26. The molecule has 0 bridgehead atoms. The molecule has 2 nitrogen and oxygen atoms in total.